The Hall–Kier alpha value is -1.49. The molecule has 1 aromatic rings. The monoisotopic (exact) mass is 271 g/mol. The van der Waals surface area contributed by atoms with Crippen molar-refractivity contribution in [3.63, 3.8) is 0 Å². The lowest BCUT2D eigenvalue weighted by Gasteiger charge is -2.30. The molecule has 0 unspecified atom stereocenters. The number of hydrogen-bond donors (Lipinski definition) is 2. The average molecular weight is 271 g/mol. The Kier molecular flexibility index (Phi) is 5.42. The molecule has 0 saturated carbocycles. The fourth-order valence-corrected chi connectivity index (χ4v) is 1.89. The Morgan fingerprint density at radius 1 is 1.26 bits per heavy atom. The number of aliphatic hydroxyl groups is 1. The van der Waals surface area contributed by atoms with E-state index in [1.807, 2.05) is 13.8 Å². The topological polar surface area (TPSA) is 49.3 Å². The first kappa shape index (κ1) is 15.6. The zero-order chi connectivity index (χ0) is 14.5. The lowest BCUT2D eigenvalue weighted by molar-refractivity contribution is -0.123. The number of amides is 1. The van der Waals surface area contributed by atoms with Crippen LogP contribution in [0.4, 0.5) is 8.78 Å². The van der Waals surface area contributed by atoms with Crippen LogP contribution in [0.25, 0.3) is 0 Å². The molecular weight excluding hydrogens is 252 g/mol. The van der Waals surface area contributed by atoms with Crippen LogP contribution in [0.15, 0.2) is 18.2 Å². The molecule has 5 heteroatoms. The minimum Gasteiger partial charge on any atom is -0.394 e. The van der Waals surface area contributed by atoms with Crippen molar-refractivity contribution in [1.29, 1.82) is 0 Å². The molecule has 0 saturated heterocycles. The van der Waals surface area contributed by atoms with Crippen LogP contribution in [0.5, 0.6) is 0 Å². The molecule has 1 rings (SSSR count). The van der Waals surface area contributed by atoms with E-state index in [0.29, 0.717) is 12.8 Å². The van der Waals surface area contributed by atoms with Gasteiger partial charge in [0.15, 0.2) is 0 Å². The summed E-state index contributed by atoms with van der Waals surface area (Å²) >= 11 is 0. The molecule has 1 amide bonds. The van der Waals surface area contributed by atoms with E-state index in [1.54, 1.807) is 0 Å². The van der Waals surface area contributed by atoms with Crippen molar-refractivity contribution >= 4 is 5.91 Å². The van der Waals surface area contributed by atoms with Gasteiger partial charge in [-0.05, 0) is 25.0 Å². The molecule has 0 aliphatic rings. The maximum Gasteiger partial charge on any atom is 0.225 e. The third kappa shape index (κ3) is 3.73. The fourth-order valence-electron chi connectivity index (χ4n) is 1.89. The van der Waals surface area contributed by atoms with Gasteiger partial charge in [-0.1, -0.05) is 19.9 Å². The van der Waals surface area contributed by atoms with E-state index in [-0.39, 0.29) is 18.6 Å². The minimum atomic E-state index is -0.738. The summed E-state index contributed by atoms with van der Waals surface area (Å²) in [7, 11) is 0. The number of hydrogen-bond acceptors (Lipinski definition) is 2. The molecule has 3 nitrogen and oxygen atoms in total. The summed E-state index contributed by atoms with van der Waals surface area (Å²) in [6.07, 6.45) is 0.719. The zero-order valence-corrected chi connectivity index (χ0v) is 11.2. The molecule has 0 heterocycles. The molecule has 0 aromatic heterocycles. The van der Waals surface area contributed by atoms with Gasteiger partial charge in [0.05, 0.1) is 18.6 Å². The van der Waals surface area contributed by atoms with Gasteiger partial charge in [-0.15, -0.1) is 0 Å². The minimum absolute atomic E-state index is 0.203. The number of nitrogens with one attached hydrogen (secondary N) is 1. The molecule has 0 aliphatic heterocycles. The van der Waals surface area contributed by atoms with Gasteiger partial charge in [0.2, 0.25) is 5.91 Å². The number of benzene rings is 1. The van der Waals surface area contributed by atoms with Crippen LogP contribution in [0.1, 0.15) is 32.3 Å². The summed E-state index contributed by atoms with van der Waals surface area (Å²) in [5, 5.41) is 12.0. The van der Waals surface area contributed by atoms with E-state index in [2.05, 4.69) is 5.32 Å². The van der Waals surface area contributed by atoms with Crippen molar-refractivity contribution in [2.45, 2.75) is 38.6 Å². The van der Waals surface area contributed by atoms with Crippen LogP contribution >= 0.6 is 0 Å². The van der Waals surface area contributed by atoms with Crippen LogP contribution in [0.3, 0.4) is 0 Å². The predicted molar refractivity (Wildman–Crippen MR) is 68.6 cm³/mol. The Labute approximate surface area is 111 Å². The van der Waals surface area contributed by atoms with Crippen molar-refractivity contribution in [1.82, 2.24) is 5.32 Å². The summed E-state index contributed by atoms with van der Waals surface area (Å²) in [5.41, 5.74) is -0.974. The van der Waals surface area contributed by atoms with E-state index < -0.39 is 23.1 Å². The van der Waals surface area contributed by atoms with Crippen LogP contribution in [-0.4, -0.2) is 23.2 Å². The second-order valence-corrected chi connectivity index (χ2v) is 4.57. The first-order valence-corrected chi connectivity index (χ1v) is 6.32. The smallest absolute Gasteiger partial charge is 0.225 e. The number of carbonyl (C=O) groups is 1. The highest BCUT2D eigenvalue weighted by Crippen LogP contribution is 2.16. The fraction of sp³-hybridized carbons (Fsp3) is 0.500. The van der Waals surface area contributed by atoms with Crippen molar-refractivity contribution in [2.24, 2.45) is 0 Å². The highest BCUT2D eigenvalue weighted by Gasteiger charge is 2.27. The van der Waals surface area contributed by atoms with Gasteiger partial charge in [0, 0.05) is 5.56 Å². The summed E-state index contributed by atoms with van der Waals surface area (Å²) < 4.78 is 26.8. The van der Waals surface area contributed by atoms with Crippen molar-refractivity contribution in [3.05, 3.63) is 35.4 Å². The lowest BCUT2D eigenvalue weighted by atomic mass is 9.93. The molecular formula is C14H19F2NO2. The van der Waals surface area contributed by atoms with Crippen molar-refractivity contribution in [2.75, 3.05) is 6.61 Å². The highest BCUT2D eigenvalue weighted by atomic mass is 19.1. The lowest BCUT2D eigenvalue weighted by Crippen LogP contribution is -2.51. The first-order valence-electron chi connectivity index (χ1n) is 6.32. The van der Waals surface area contributed by atoms with Gasteiger partial charge in [-0.2, -0.15) is 0 Å². The maximum atomic E-state index is 13.4. The quantitative estimate of drug-likeness (QED) is 0.833. The molecule has 0 spiro atoms. The van der Waals surface area contributed by atoms with Gasteiger partial charge < -0.3 is 10.4 Å². The van der Waals surface area contributed by atoms with Crippen LogP contribution < -0.4 is 5.32 Å². The number of aliphatic hydroxyl groups excluding tert-OH is 1. The number of carbonyl (C=O) groups excluding carboxylic acids is 1. The molecule has 0 atom stereocenters. The van der Waals surface area contributed by atoms with E-state index in [1.165, 1.54) is 6.07 Å². The average Bonchev–Trinajstić information content (AvgIpc) is 2.41. The van der Waals surface area contributed by atoms with Gasteiger partial charge >= 0.3 is 0 Å². The largest absolute Gasteiger partial charge is 0.394 e. The standard InChI is InChI=1S/C14H19F2NO2/c1-3-14(4-2,9-18)17-13(19)8-10-11(15)6-5-7-12(10)16/h5-7,18H,3-4,8-9H2,1-2H3,(H,17,19). The molecule has 19 heavy (non-hydrogen) atoms. The molecule has 0 aliphatic carbocycles. The van der Waals surface area contributed by atoms with E-state index >= 15 is 0 Å². The molecule has 0 radical (unpaired) electrons. The number of halogens is 2. The predicted octanol–water partition coefficient (Wildman–Crippen LogP) is 2.17. The Morgan fingerprint density at radius 2 is 1.79 bits per heavy atom. The molecule has 0 fully saturated rings. The summed E-state index contributed by atoms with van der Waals surface area (Å²) in [5.74, 6) is -1.97. The van der Waals surface area contributed by atoms with E-state index in [4.69, 9.17) is 0 Å². The summed E-state index contributed by atoms with van der Waals surface area (Å²) in [6.45, 7) is 3.47. The van der Waals surface area contributed by atoms with Gasteiger partial charge in [-0.25, -0.2) is 8.78 Å². The zero-order valence-electron chi connectivity index (χ0n) is 11.2. The Balaban J connectivity index is 2.81. The van der Waals surface area contributed by atoms with Gasteiger partial charge in [0.25, 0.3) is 0 Å². The maximum absolute atomic E-state index is 13.4. The summed E-state index contributed by atoms with van der Waals surface area (Å²) in [6, 6.07) is 3.48. The molecule has 1 aromatic carbocycles. The Bertz CT molecular complexity index is 417. The second-order valence-electron chi connectivity index (χ2n) is 4.57. The molecule has 0 bridgehead atoms. The number of rotatable bonds is 6. The van der Waals surface area contributed by atoms with Gasteiger partial charge in [-0.3, -0.25) is 4.79 Å². The molecule has 2 N–H and O–H groups in total. The highest BCUT2D eigenvalue weighted by molar-refractivity contribution is 5.79. The van der Waals surface area contributed by atoms with E-state index in [9.17, 15) is 18.7 Å². The van der Waals surface area contributed by atoms with Gasteiger partial charge in [0.1, 0.15) is 11.6 Å². The van der Waals surface area contributed by atoms with E-state index in [0.717, 1.165) is 12.1 Å². The SMILES string of the molecule is CCC(CC)(CO)NC(=O)Cc1c(F)cccc1F. The van der Waals surface area contributed by atoms with Crippen LogP contribution in [0, 0.1) is 11.6 Å². The summed E-state index contributed by atoms with van der Waals surface area (Å²) in [4.78, 5) is 11.9. The first-order chi connectivity index (χ1) is 8.98. The van der Waals surface area contributed by atoms with Crippen LogP contribution in [-0.2, 0) is 11.2 Å². The van der Waals surface area contributed by atoms with Crippen molar-refractivity contribution < 1.29 is 18.7 Å². The normalized spacial score (nSPS) is 11.4. The third-order valence-electron chi connectivity index (χ3n) is 3.46. The second kappa shape index (κ2) is 6.61. The molecule has 106 valence electrons. The Morgan fingerprint density at radius 3 is 2.21 bits per heavy atom. The third-order valence-corrected chi connectivity index (χ3v) is 3.46. The van der Waals surface area contributed by atoms with Crippen molar-refractivity contribution in [3.8, 4) is 0 Å². The van der Waals surface area contributed by atoms with Crippen LogP contribution in [0.2, 0.25) is 0 Å².